The van der Waals surface area contributed by atoms with Crippen molar-refractivity contribution in [3.8, 4) is 0 Å². The van der Waals surface area contributed by atoms with E-state index in [0.717, 1.165) is 25.1 Å². The van der Waals surface area contributed by atoms with E-state index in [0.29, 0.717) is 0 Å². The predicted molar refractivity (Wildman–Crippen MR) is 65.1 cm³/mol. The number of aromatic nitrogens is 2. The number of nitrogens with zero attached hydrogens (tertiary/aromatic N) is 2. The monoisotopic (exact) mass is 225 g/mol. The SMILES string of the molecule is CCCn1cc(CNC(C)(C)C(C)O)cn1. The summed E-state index contributed by atoms with van der Waals surface area (Å²) >= 11 is 0. The van der Waals surface area contributed by atoms with E-state index in [1.54, 1.807) is 6.92 Å². The van der Waals surface area contributed by atoms with Crippen LogP contribution in [0.1, 0.15) is 39.7 Å². The summed E-state index contributed by atoms with van der Waals surface area (Å²) < 4.78 is 1.95. The largest absolute Gasteiger partial charge is 0.392 e. The first-order valence-electron chi connectivity index (χ1n) is 5.90. The average molecular weight is 225 g/mol. The van der Waals surface area contributed by atoms with Crippen LogP contribution in [0.25, 0.3) is 0 Å². The van der Waals surface area contributed by atoms with E-state index >= 15 is 0 Å². The summed E-state index contributed by atoms with van der Waals surface area (Å²) in [4.78, 5) is 0. The molecule has 0 bridgehead atoms. The van der Waals surface area contributed by atoms with E-state index in [1.165, 1.54) is 0 Å². The molecule has 92 valence electrons. The van der Waals surface area contributed by atoms with Gasteiger partial charge in [-0.15, -0.1) is 0 Å². The summed E-state index contributed by atoms with van der Waals surface area (Å²) in [5, 5.41) is 17.2. The Hall–Kier alpha value is -0.870. The zero-order valence-corrected chi connectivity index (χ0v) is 10.7. The lowest BCUT2D eigenvalue weighted by Crippen LogP contribution is -2.47. The Labute approximate surface area is 97.7 Å². The van der Waals surface area contributed by atoms with Gasteiger partial charge in [0, 0.05) is 30.4 Å². The molecule has 1 aromatic heterocycles. The maximum Gasteiger partial charge on any atom is 0.0688 e. The molecule has 1 atom stereocenters. The fourth-order valence-corrected chi connectivity index (χ4v) is 1.33. The normalized spacial score (nSPS) is 14.1. The molecule has 0 fully saturated rings. The fraction of sp³-hybridized carbons (Fsp3) is 0.750. The van der Waals surface area contributed by atoms with Gasteiger partial charge in [-0.25, -0.2) is 0 Å². The van der Waals surface area contributed by atoms with Crippen LogP contribution in [0.2, 0.25) is 0 Å². The van der Waals surface area contributed by atoms with Crippen molar-refractivity contribution in [1.82, 2.24) is 15.1 Å². The lowest BCUT2D eigenvalue weighted by atomic mass is 9.99. The van der Waals surface area contributed by atoms with Crippen molar-refractivity contribution in [3.63, 3.8) is 0 Å². The third kappa shape index (κ3) is 3.61. The lowest BCUT2D eigenvalue weighted by Gasteiger charge is -2.29. The second kappa shape index (κ2) is 5.46. The molecule has 0 aliphatic carbocycles. The van der Waals surface area contributed by atoms with E-state index in [-0.39, 0.29) is 11.6 Å². The standard InChI is InChI=1S/C12H23N3O/c1-5-6-15-9-11(8-14-15)7-13-12(3,4)10(2)16/h8-10,13,16H,5-7H2,1-4H3. The first-order chi connectivity index (χ1) is 7.45. The molecular weight excluding hydrogens is 202 g/mol. The highest BCUT2D eigenvalue weighted by Gasteiger charge is 2.22. The zero-order valence-electron chi connectivity index (χ0n) is 10.7. The minimum Gasteiger partial charge on any atom is -0.392 e. The highest BCUT2D eigenvalue weighted by Crippen LogP contribution is 2.10. The van der Waals surface area contributed by atoms with Crippen molar-refractivity contribution in [1.29, 1.82) is 0 Å². The van der Waals surface area contributed by atoms with Gasteiger partial charge in [0.2, 0.25) is 0 Å². The molecular formula is C12H23N3O. The van der Waals surface area contributed by atoms with Gasteiger partial charge < -0.3 is 10.4 Å². The van der Waals surface area contributed by atoms with Crippen LogP contribution in [-0.4, -0.2) is 26.5 Å². The highest BCUT2D eigenvalue weighted by atomic mass is 16.3. The Morgan fingerprint density at radius 2 is 2.25 bits per heavy atom. The van der Waals surface area contributed by atoms with E-state index in [1.807, 2.05) is 24.7 Å². The number of nitrogens with one attached hydrogen (secondary N) is 1. The number of aryl methyl sites for hydroxylation is 1. The summed E-state index contributed by atoms with van der Waals surface area (Å²) in [6, 6.07) is 0. The first-order valence-corrected chi connectivity index (χ1v) is 5.90. The van der Waals surface area contributed by atoms with Crippen LogP contribution in [0.3, 0.4) is 0 Å². The van der Waals surface area contributed by atoms with Crippen molar-refractivity contribution in [3.05, 3.63) is 18.0 Å². The van der Waals surface area contributed by atoms with Crippen LogP contribution in [-0.2, 0) is 13.1 Å². The second-order valence-corrected chi connectivity index (χ2v) is 4.86. The molecule has 1 unspecified atom stereocenters. The van der Waals surface area contributed by atoms with Gasteiger partial charge in [0.05, 0.1) is 12.3 Å². The van der Waals surface area contributed by atoms with E-state index in [4.69, 9.17) is 0 Å². The molecule has 0 saturated heterocycles. The molecule has 0 aromatic carbocycles. The highest BCUT2D eigenvalue weighted by molar-refractivity contribution is 5.04. The summed E-state index contributed by atoms with van der Waals surface area (Å²) in [6.07, 6.45) is 4.64. The van der Waals surface area contributed by atoms with Crippen molar-refractivity contribution in [2.75, 3.05) is 0 Å². The lowest BCUT2D eigenvalue weighted by molar-refractivity contribution is 0.0956. The molecule has 1 rings (SSSR count). The molecule has 1 heterocycles. The summed E-state index contributed by atoms with van der Waals surface area (Å²) in [6.45, 7) is 9.62. The van der Waals surface area contributed by atoms with Gasteiger partial charge in [0.25, 0.3) is 0 Å². The molecule has 0 radical (unpaired) electrons. The predicted octanol–water partition coefficient (Wildman–Crippen LogP) is 1.54. The zero-order chi connectivity index (χ0) is 12.2. The van der Waals surface area contributed by atoms with Crippen molar-refractivity contribution in [2.45, 2.75) is 58.8 Å². The van der Waals surface area contributed by atoms with Gasteiger partial charge in [0.15, 0.2) is 0 Å². The Bertz CT molecular complexity index is 318. The molecule has 0 aliphatic rings. The van der Waals surface area contributed by atoms with Gasteiger partial charge >= 0.3 is 0 Å². The maximum atomic E-state index is 9.56. The number of aliphatic hydroxyl groups excluding tert-OH is 1. The second-order valence-electron chi connectivity index (χ2n) is 4.86. The van der Waals surface area contributed by atoms with E-state index in [9.17, 15) is 5.11 Å². The van der Waals surface area contributed by atoms with Gasteiger partial charge in [-0.1, -0.05) is 6.92 Å². The van der Waals surface area contributed by atoms with Crippen LogP contribution >= 0.6 is 0 Å². The molecule has 2 N–H and O–H groups in total. The maximum absolute atomic E-state index is 9.56. The molecule has 1 aromatic rings. The van der Waals surface area contributed by atoms with E-state index < -0.39 is 0 Å². The Kier molecular flexibility index (Phi) is 4.50. The van der Waals surface area contributed by atoms with Crippen molar-refractivity contribution >= 4 is 0 Å². The van der Waals surface area contributed by atoms with E-state index in [2.05, 4.69) is 23.5 Å². The van der Waals surface area contributed by atoms with Crippen LogP contribution in [0, 0.1) is 0 Å². The van der Waals surface area contributed by atoms with Crippen molar-refractivity contribution < 1.29 is 5.11 Å². The fourth-order valence-electron chi connectivity index (χ4n) is 1.33. The molecule has 4 nitrogen and oxygen atoms in total. The smallest absolute Gasteiger partial charge is 0.0688 e. The third-order valence-corrected chi connectivity index (χ3v) is 2.93. The van der Waals surface area contributed by atoms with Gasteiger partial charge in [0.1, 0.15) is 0 Å². The molecule has 0 saturated carbocycles. The average Bonchev–Trinajstić information content (AvgIpc) is 2.63. The number of aliphatic hydroxyl groups is 1. The quantitative estimate of drug-likeness (QED) is 0.772. The molecule has 4 heteroatoms. The Morgan fingerprint density at radius 3 is 2.81 bits per heavy atom. The number of hydrogen-bond acceptors (Lipinski definition) is 3. The number of rotatable bonds is 6. The van der Waals surface area contributed by atoms with Gasteiger partial charge in [-0.3, -0.25) is 4.68 Å². The van der Waals surface area contributed by atoms with Gasteiger partial charge in [-0.05, 0) is 27.2 Å². The summed E-state index contributed by atoms with van der Waals surface area (Å²) in [5.74, 6) is 0. The summed E-state index contributed by atoms with van der Waals surface area (Å²) in [5.41, 5.74) is 0.884. The summed E-state index contributed by atoms with van der Waals surface area (Å²) in [7, 11) is 0. The van der Waals surface area contributed by atoms with Crippen LogP contribution in [0.5, 0.6) is 0 Å². The topological polar surface area (TPSA) is 50.1 Å². The van der Waals surface area contributed by atoms with Gasteiger partial charge in [-0.2, -0.15) is 5.10 Å². The van der Waals surface area contributed by atoms with Crippen LogP contribution in [0.4, 0.5) is 0 Å². The van der Waals surface area contributed by atoms with Crippen LogP contribution in [0.15, 0.2) is 12.4 Å². The minimum atomic E-state index is -0.377. The molecule has 0 amide bonds. The molecule has 0 spiro atoms. The molecule has 0 aliphatic heterocycles. The van der Waals surface area contributed by atoms with Crippen molar-refractivity contribution in [2.24, 2.45) is 0 Å². The molecule has 16 heavy (non-hydrogen) atoms. The third-order valence-electron chi connectivity index (χ3n) is 2.93. The van der Waals surface area contributed by atoms with Crippen LogP contribution < -0.4 is 5.32 Å². The Morgan fingerprint density at radius 1 is 1.56 bits per heavy atom. The Balaban J connectivity index is 2.48. The number of hydrogen-bond donors (Lipinski definition) is 2. The minimum absolute atomic E-state index is 0.271. The first kappa shape index (κ1) is 13.2.